The van der Waals surface area contributed by atoms with Gasteiger partial charge in [-0.25, -0.2) is 9.18 Å². The molecular weight excluding hydrogens is 559 g/mol. The Balaban J connectivity index is 1.67. The van der Waals surface area contributed by atoms with Crippen LogP contribution in [0, 0.1) is 17.7 Å². The molecule has 41 heavy (non-hydrogen) atoms. The molecule has 226 valence electrons. The zero-order valence-corrected chi connectivity index (χ0v) is 22.7. The number of ether oxygens (including phenoxy) is 2. The van der Waals surface area contributed by atoms with E-state index in [1.165, 1.54) is 12.1 Å². The van der Waals surface area contributed by atoms with Crippen molar-refractivity contribution in [2.45, 2.75) is 69.7 Å². The standard InChI is InChI=1S/C29H32F7NO4/c1-27(2,3)41-26(39)37-13-17-6-9-23(25(22(17)14-37)16-4-7-21(30)8-5-16)40-24(15-38)18-10-19(28(31,32)33)12-20(11-18)29(34,35)36/h4-5,7-8,10-12,17,22-25,38H,6,9,13-15H2,1-3H3/t17-,22-,23+,24+,25+/m1/s1. The van der Waals surface area contributed by atoms with Crippen molar-refractivity contribution < 1.29 is 50.1 Å². The van der Waals surface area contributed by atoms with Crippen LogP contribution in [0.1, 0.15) is 67.9 Å². The molecule has 2 aliphatic rings. The molecule has 0 spiro atoms. The van der Waals surface area contributed by atoms with Crippen LogP contribution in [0.25, 0.3) is 0 Å². The molecule has 1 aliphatic carbocycles. The van der Waals surface area contributed by atoms with Crippen molar-refractivity contribution in [3.05, 3.63) is 70.5 Å². The largest absolute Gasteiger partial charge is 0.444 e. The quantitative estimate of drug-likeness (QED) is 0.370. The molecule has 0 aromatic heterocycles. The highest BCUT2D eigenvalue weighted by molar-refractivity contribution is 5.68. The maximum absolute atomic E-state index is 13.8. The molecule has 2 aromatic carbocycles. The Hall–Kier alpha value is -2.86. The number of carbonyl (C=O) groups excluding carboxylic acids is 1. The van der Waals surface area contributed by atoms with Crippen LogP contribution in [0.3, 0.4) is 0 Å². The number of benzene rings is 2. The Morgan fingerprint density at radius 2 is 1.54 bits per heavy atom. The average molecular weight is 592 g/mol. The van der Waals surface area contributed by atoms with Crippen LogP contribution in [0.5, 0.6) is 0 Å². The third kappa shape index (κ3) is 7.32. The van der Waals surface area contributed by atoms with E-state index in [1.807, 2.05) is 0 Å². The van der Waals surface area contributed by atoms with Crippen LogP contribution in [0.2, 0.25) is 0 Å². The van der Waals surface area contributed by atoms with Crippen molar-refractivity contribution in [1.82, 2.24) is 4.90 Å². The lowest BCUT2D eigenvalue weighted by Gasteiger charge is -2.41. The van der Waals surface area contributed by atoms with Crippen LogP contribution >= 0.6 is 0 Å². The predicted octanol–water partition coefficient (Wildman–Crippen LogP) is 7.34. The summed E-state index contributed by atoms with van der Waals surface area (Å²) in [5, 5.41) is 10.1. The number of fused-ring (bicyclic) bond motifs is 1. The number of likely N-dealkylation sites (tertiary alicyclic amines) is 1. The second-order valence-corrected chi connectivity index (χ2v) is 11.6. The Bertz CT molecular complexity index is 1190. The first-order chi connectivity index (χ1) is 19.0. The molecule has 5 atom stereocenters. The van der Waals surface area contributed by atoms with Gasteiger partial charge in [-0.15, -0.1) is 0 Å². The molecule has 0 unspecified atom stereocenters. The Labute approximate surface area is 233 Å². The lowest BCUT2D eigenvalue weighted by atomic mass is 9.69. The van der Waals surface area contributed by atoms with Crippen molar-refractivity contribution in [3.8, 4) is 0 Å². The highest BCUT2D eigenvalue weighted by Crippen LogP contribution is 2.48. The molecule has 1 amide bonds. The van der Waals surface area contributed by atoms with Crippen LogP contribution in [0.4, 0.5) is 35.5 Å². The van der Waals surface area contributed by atoms with Gasteiger partial charge < -0.3 is 19.5 Å². The fourth-order valence-electron chi connectivity index (χ4n) is 5.82. The Morgan fingerprint density at radius 1 is 0.951 bits per heavy atom. The summed E-state index contributed by atoms with van der Waals surface area (Å²) in [6, 6.07) is 6.73. The van der Waals surface area contributed by atoms with Gasteiger partial charge in [0.2, 0.25) is 0 Å². The number of hydrogen-bond acceptors (Lipinski definition) is 4. The summed E-state index contributed by atoms with van der Waals surface area (Å²) in [4.78, 5) is 14.4. The van der Waals surface area contributed by atoms with Gasteiger partial charge in [0.05, 0.1) is 23.8 Å². The minimum atomic E-state index is -5.06. The minimum absolute atomic E-state index is 0.00962. The van der Waals surface area contributed by atoms with Crippen molar-refractivity contribution in [2.75, 3.05) is 19.7 Å². The topological polar surface area (TPSA) is 59.0 Å². The highest BCUT2D eigenvalue weighted by Gasteiger charge is 2.48. The van der Waals surface area contributed by atoms with Gasteiger partial charge in [-0.1, -0.05) is 12.1 Å². The van der Waals surface area contributed by atoms with Gasteiger partial charge in [-0.3, -0.25) is 0 Å². The van der Waals surface area contributed by atoms with Crippen molar-refractivity contribution in [3.63, 3.8) is 0 Å². The smallest absolute Gasteiger partial charge is 0.416 e. The van der Waals surface area contributed by atoms with Crippen molar-refractivity contribution >= 4 is 6.09 Å². The van der Waals surface area contributed by atoms with E-state index in [0.29, 0.717) is 37.1 Å². The first-order valence-electron chi connectivity index (χ1n) is 13.3. The molecular formula is C29H32F7NO4. The summed E-state index contributed by atoms with van der Waals surface area (Å²) in [7, 11) is 0. The SMILES string of the molecule is CC(C)(C)OC(=O)N1C[C@H]2CC[C@H](O[C@@H](CO)c3cc(C(F)(F)F)cc(C(F)(F)F)c3)[C@@H](c3ccc(F)cc3)[C@@H]2C1. The van der Waals surface area contributed by atoms with E-state index in [4.69, 9.17) is 9.47 Å². The zero-order chi connectivity index (χ0) is 30.3. The first-order valence-corrected chi connectivity index (χ1v) is 13.3. The third-order valence-electron chi connectivity index (χ3n) is 7.57. The lowest BCUT2D eigenvalue weighted by molar-refractivity contribution is -0.143. The number of alkyl halides is 6. The summed E-state index contributed by atoms with van der Waals surface area (Å²) in [5.74, 6) is -1.17. The number of aliphatic hydroxyl groups is 1. The number of halogens is 7. The molecule has 2 fully saturated rings. The maximum Gasteiger partial charge on any atom is 0.416 e. The molecule has 0 bridgehead atoms. The molecule has 1 heterocycles. The normalized spacial score (nSPS) is 24.2. The zero-order valence-electron chi connectivity index (χ0n) is 22.7. The molecule has 12 heteroatoms. The summed E-state index contributed by atoms with van der Waals surface area (Å²) < 4.78 is 106. The van der Waals surface area contributed by atoms with Crippen LogP contribution in [-0.4, -0.2) is 47.5 Å². The van der Waals surface area contributed by atoms with E-state index in [9.17, 15) is 40.6 Å². The van der Waals surface area contributed by atoms with Gasteiger partial charge in [-0.2, -0.15) is 26.3 Å². The number of amides is 1. The van der Waals surface area contributed by atoms with E-state index in [0.717, 1.165) is 0 Å². The van der Waals surface area contributed by atoms with Gasteiger partial charge in [0.15, 0.2) is 0 Å². The van der Waals surface area contributed by atoms with Gasteiger partial charge in [0, 0.05) is 19.0 Å². The molecule has 1 aliphatic heterocycles. The second kappa shape index (κ2) is 11.4. The molecule has 1 saturated carbocycles. The van der Waals surface area contributed by atoms with Crippen LogP contribution in [0.15, 0.2) is 42.5 Å². The monoisotopic (exact) mass is 591 g/mol. The molecule has 0 radical (unpaired) electrons. The summed E-state index contributed by atoms with van der Waals surface area (Å²) >= 11 is 0. The van der Waals surface area contributed by atoms with Crippen molar-refractivity contribution in [2.24, 2.45) is 11.8 Å². The van der Waals surface area contributed by atoms with Gasteiger partial charge in [-0.05, 0) is 86.9 Å². The van der Waals surface area contributed by atoms with Crippen LogP contribution in [-0.2, 0) is 21.8 Å². The van der Waals surface area contributed by atoms with Crippen LogP contribution < -0.4 is 0 Å². The molecule has 1 N–H and O–H groups in total. The maximum atomic E-state index is 13.8. The second-order valence-electron chi connectivity index (χ2n) is 11.6. The Kier molecular flexibility index (Phi) is 8.67. The number of hydrogen-bond donors (Lipinski definition) is 1. The molecule has 4 rings (SSSR count). The summed E-state index contributed by atoms with van der Waals surface area (Å²) in [6.07, 6.45) is -11.9. The van der Waals surface area contributed by atoms with Gasteiger partial charge in [0.25, 0.3) is 0 Å². The number of nitrogens with zero attached hydrogens (tertiary/aromatic N) is 1. The van der Waals surface area contributed by atoms with Gasteiger partial charge >= 0.3 is 18.4 Å². The summed E-state index contributed by atoms with van der Waals surface area (Å²) in [6.45, 7) is 5.02. The van der Waals surface area contributed by atoms with E-state index >= 15 is 0 Å². The van der Waals surface area contributed by atoms with E-state index in [-0.39, 0.29) is 24.4 Å². The van der Waals surface area contributed by atoms with E-state index in [2.05, 4.69) is 0 Å². The van der Waals surface area contributed by atoms with Crippen molar-refractivity contribution in [1.29, 1.82) is 0 Å². The fraction of sp³-hybridized carbons (Fsp3) is 0.552. The summed E-state index contributed by atoms with van der Waals surface area (Å²) in [5.41, 5.74) is -3.55. The number of aliphatic hydroxyl groups excluding tert-OH is 1. The highest BCUT2D eigenvalue weighted by atomic mass is 19.4. The van der Waals surface area contributed by atoms with E-state index in [1.54, 1.807) is 37.8 Å². The average Bonchev–Trinajstić information content (AvgIpc) is 3.30. The Morgan fingerprint density at radius 3 is 2.05 bits per heavy atom. The van der Waals surface area contributed by atoms with E-state index < -0.39 is 71.3 Å². The molecule has 2 aromatic rings. The minimum Gasteiger partial charge on any atom is -0.444 e. The fourth-order valence-corrected chi connectivity index (χ4v) is 5.82. The number of rotatable bonds is 5. The molecule has 5 nitrogen and oxygen atoms in total. The lowest BCUT2D eigenvalue weighted by Crippen LogP contribution is -2.39. The third-order valence-corrected chi connectivity index (χ3v) is 7.57. The van der Waals surface area contributed by atoms with Gasteiger partial charge in [0.1, 0.15) is 17.5 Å². The predicted molar refractivity (Wildman–Crippen MR) is 134 cm³/mol. The molecule has 1 saturated heterocycles. The first kappa shape index (κ1) is 31.1. The number of carbonyl (C=O) groups is 1.